The minimum absolute atomic E-state index is 0.135. The third-order valence-corrected chi connectivity index (χ3v) is 4.15. The van der Waals surface area contributed by atoms with Crippen LogP contribution in [0.5, 0.6) is 0 Å². The number of nitrogens with one attached hydrogen (secondary N) is 1. The average Bonchev–Trinajstić information content (AvgIpc) is 2.43. The number of rotatable bonds is 4. The number of halogens is 1. The van der Waals surface area contributed by atoms with Crippen LogP contribution >= 0.6 is 0 Å². The number of hydrogen-bond donors (Lipinski definition) is 1. The van der Waals surface area contributed by atoms with E-state index >= 15 is 0 Å². The van der Waals surface area contributed by atoms with Crippen LogP contribution in [0.25, 0.3) is 0 Å². The summed E-state index contributed by atoms with van der Waals surface area (Å²) in [5, 5.41) is 3.63. The van der Waals surface area contributed by atoms with Gasteiger partial charge in [0, 0.05) is 24.5 Å². The predicted molar refractivity (Wildman–Crippen MR) is 78.0 cm³/mol. The summed E-state index contributed by atoms with van der Waals surface area (Å²) in [5.74, 6) is 0.358. The summed E-state index contributed by atoms with van der Waals surface area (Å²) in [6.45, 7) is 2.17. The molecule has 2 nitrogen and oxygen atoms in total. The van der Waals surface area contributed by atoms with Gasteiger partial charge in [-0.2, -0.15) is 0 Å². The van der Waals surface area contributed by atoms with Gasteiger partial charge in [0.05, 0.1) is 0 Å². The van der Waals surface area contributed by atoms with Gasteiger partial charge in [-0.05, 0) is 61.1 Å². The van der Waals surface area contributed by atoms with Crippen molar-refractivity contribution in [3.63, 3.8) is 0 Å². The number of hydrogen-bond acceptors (Lipinski definition) is 2. The Morgan fingerprint density at radius 2 is 1.95 bits per heavy atom. The lowest BCUT2D eigenvalue weighted by Crippen LogP contribution is -2.41. The molecule has 1 saturated carbocycles. The molecule has 0 saturated heterocycles. The van der Waals surface area contributed by atoms with Crippen molar-refractivity contribution < 1.29 is 4.39 Å². The van der Waals surface area contributed by atoms with Crippen molar-refractivity contribution in [2.45, 2.75) is 37.8 Å². The lowest BCUT2D eigenvalue weighted by Gasteiger charge is -2.38. The molecule has 0 amide bonds. The molecule has 0 spiro atoms. The predicted octanol–water partition coefficient (Wildman–Crippen LogP) is 3.82. The highest BCUT2D eigenvalue weighted by Gasteiger charge is 2.31. The molecule has 3 rings (SSSR count). The van der Waals surface area contributed by atoms with Gasteiger partial charge in [0.1, 0.15) is 5.82 Å². The van der Waals surface area contributed by atoms with E-state index in [1.165, 1.54) is 11.6 Å². The zero-order valence-corrected chi connectivity index (χ0v) is 11.6. The summed E-state index contributed by atoms with van der Waals surface area (Å²) < 4.78 is 13.2. The van der Waals surface area contributed by atoms with Gasteiger partial charge < -0.3 is 5.32 Å². The Balaban J connectivity index is 1.54. The highest BCUT2D eigenvalue weighted by molar-refractivity contribution is 5.24. The monoisotopic (exact) mass is 270 g/mol. The molecule has 1 aliphatic carbocycles. The van der Waals surface area contributed by atoms with E-state index in [9.17, 15) is 4.39 Å². The standard InChI is InChI=1S/C17H19FN2/c1-12(13-5-7-19-8-6-13)20-17-10-15(11-17)14-3-2-4-16(18)9-14/h2-9,12,15,17,20H,10-11H2,1H3. The fraction of sp³-hybridized carbons (Fsp3) is 0.353. The molecule has 1 aliphatic rings. The van der Waals surface area contributed by atoms with Crippen molar-refractivity contribution in [1.82, 2.24) is 10.3 Å². The van der Waals surface area contributed by atoms with Gasteiger partial charge in [-0.3, -0.25) is 4.98 Å². The first-order valence-corrected chi connectivity index (χ1v) is 7.14. The SMILES string of the molecule is CC(NC1CC(c2cccc(F)c2)C1)c1ccncc1. The number of benzene rings is 1. The van der Waals surface area contributed by atoms with Crippen LogP contribution in [0.15, 0.2) is 48.8 Å². The van der Waals surface area contributed by atoms with Crippen molar-refractivity contribution in [3.05, 3.63) is 65.7 Å². The maximum atomic E-state index is 13.2. The van der Waals surface area contributed by atoms with Crippen LogP contribution in [-0.2, 0) is 0 Å². The van der Waals surface area contributed by atoms with Crippen molar-refractivity contribution in [3.8, 4) is 0 Å². The van der Waals surface area contributed by atoms with Crippen LogP contribution < -0.4 is 5.32 Å². The molecule has 1 N–H and O–H groups in total. The van der Waals surface area contributed by atoms with E-state index in [0.29, 0.717) is 18.0 Å². The summed E-state index contributed by atoms with van der Waals surface area (Å²) in [7, 11) is 0. The van der Waals surface area contributed by atoms with Crippen LogP contribution in [0, 0.1) is 5.82 Å². The molecule has 1 aromatic carbocycles. The quantitative estimate of drug-likeness (QED) is 0.913. The highest BCUT2D eigenvalue weighted by atomic mass is 19.1. The normalized spacial score (nSPS) is 23.1. The number of nitrogens with zero attached hydrogens (tertiary/aromatic N) is 1. The molecule has 3 heteroatoms. The first kappa shape index (κ1) is 13.3. The van der Waals surface area contributed by atoms with Crippen LogP contribution in [0.3, 0.4) is 0 Å². The van der Waals surface area contributed by atoms with Gasteiger partial charge in [-0.25, -0.2) is 4.39 Å². The van der Waals surface area contributed by atoms with E-state index in [0.717, 1.165) is 18.4 Å². The fourth-order valence-electron chi connectivity index (χ4n) is 2.89. The van der Waals surface area contributed by atoms with Crippen molar-refractivity contribution in [2.24, 2.45) is 0 Å². The third-order valence-electron chi connectivity index (χ3n) is 4.15. The van der Waals surface area contributed by atoms with E-state index in [4.69, 9.17) is 0 Å². The molecule has 1 heterocycles. The van der Waals surface area contributed by atoms with E-state index < -0.39 is 0 Å². The summed E-state index contributed by atoms with van der Waals surface area (Å²) in [5.41, 5.74) is 2.38. The summed E-state index contributed by atoms with van der Waals surface area (Å²) >= 11 is 0. The van der Waals surface area contributed by atoms with Gasteiger partial charge in [0.2, 0.25) is 0 Å². The molecule has 1 aromatic heterocycles. The van der Waals surface area contributed by atoms with Gasteiger partial charge >= 0.3 is 0 Å². The van der Waals surface area contributed by atoms with Gasteiger partial charge in [-0.1, -0.05) is 12.1 Å². The topological polar surface area (TPSA) is 24.9 Å². The molecule has 104 valence electrons. The number of aromatic nitrogens is 1. The van der Waals surface area contributed by atoms with Gasteiger partial charge in [-0.15, -0.1) is 0 Å². The lowest BCUT2D eigenvalue weighted by atomic mass is 9.75. The van der Waals surface area contributed by atoms with Crippen molar-refractivity contribution in [2.75, 3.05) is 0 Å². The first-order valence-electron chi connectivity index (χ1n) is 7.14. The van der Waals surface area contributed by atoms with E-state index in [1.807, 2.05) is 30.6 Å². The highest BCUT2D eigenvalue weighted by Crippen LogP contribution is 2.38. The molecule has 0 bridgehead atoms. The van der Waals surface area contributed by atoms with E-state index in [1.54, 1.807) is 12.1 Å². The Bertz CT molecular complexity index is 564. The molecule has 1 atom stereocenters. The Hall–Kier alpha value is -1.74. The Labute approximate surface area is 119 Å². The Morgan fingerprint density at radius 3 is 2.65 bits per heavy atom. The fourth-order valence-corrected chi connectivity index (χ4v) is 2.89. The van der Waals surface area contributed by atoms with E-state index in [-0.39, 0.29) is 5.82 Å². The molecule has 0 radical (unpaired) electrons. The molecule has 0 aliphatic heterocycles. The Morgan fingerprint density at radius 1 is 1.20 bits per heavy atom. The largest absolute Gasteiger partial charge is 0.307 e. The van der Waals surface area contributed by atoms with Crippen LogP contribution in [-0.4, -0.2) is 11.0 Å². The van der Waals surface area contributed by atoms with Gasteiger partial charge in [0.15, 0.2) is 0 Å². The van der Waals surface area contributed by atoms with Crippen molar-refractivity contribution in [1.29, 1.82) is 0 Å². The summed E-state index contributed by atoms with van der Waals surface area (Å²) in [6, 6.07) is 11.9. The van der Waals surface area contributed by atoms with Crippen LogP contribution in [0.4, 0.5) is 4.39 Å². The average molecular weight is 270 g/mol. The minimum atomic E-state index is -0.135. The van der Waals surface area contributed by atoms with Gasteiger partial charge in [0.25, 0.3) is 0 Å². The third kappa shape index (κ3) is 2.88. The van der Waals surface area contributed by atoms with Crippen LogP contribution in [0.2, 0.25) is 0 Å². The maximum Gasteiger partial charge on any atom is 0.123 e. The molecule has 1 fully saturated rings. The molecule has 20 heavy (non-hydrogen) atoms. The second kappa shape index (κ2) is 5.71. The molecule has 1 unspecified atom stereocenters. The lowest BCUT2D eigenvalue weighted by molar-refractivity contribution is 0.270. The van der Waals surface area contributed by atoms with Crippen molar-refractivity contribution >= 4 is 0 Å². The molecule has 2 aromatic rings. The summed E-state index contributed by atoms with van der Waals surface area (Å²) in [6.07, 6.45) is 5.81. The van der Waals surface area contributed by atoms with E-state index in [2.05, 4.69) is 17.2 Å². The molecular weight excluding hydrogens is 251 g/mol. The Kier molecular flexibility index (Phi) is 3.79. The molecular formula is C17H19FN2. The maximum absolute atomic E-state index is 13.2. The zero-order valence-electron chi connectivity index (χ0n) is 11.6. The smallest absolute Gasteiger partial charge is 0.123 e. The number of pyridine rings is 1. The second-order valence-corrected chi connectivity index (χ2v) is 5.59. The zero-order chi connectivity index (χ0) is 13.9. The minimum Gasteiger partial charge on any atom is -0.307 e. The second-order valence-electron chi connectivity index (χ2n) is 5.59. The first-order chi connectivity index (χ1) is 9.72. The summed E-state index contributed by atoms with van der Waals surface area (Å²) in [4.78, 5) is 4.04. The van der Waals surface area contributed by atoms with Crippen LogP contribution in [0.1, 0.15) is 42.9 Å².